The molecule has 200 valence electrons. The van der Waals surface area contributed by atoms with Crippen LogP contribution in [0.15, 0.2) is 24.3 Å². The molecule has 0 unspecified atom stereocenters. The van der Waals surface area contributed by atoms with Gasteiger partial charge in [0.2, 0.25) is 0 Å². The molecule has 0 atom stereocenters. The van der Waals surface area contributed by atoms with E-state index in [0.29, 0.717) is 17.7 Å². The number of rotatable bonds is 22. The first-order valence-corrected chi connectivity index (χ1v) is 14.7. The van der Waals surface area contributed by atoms with Gasteiger partial charge >= 0.3 is 5.97 Å². The molecule has 0 aliphatic rings. The van der Waals surface area contributed by atoms with E-state index in [4.69, 9.17) is 4.74 Å². The van der Waals surface area contributed by atoms with Gasteiger partial charge in [-0.05, 0) is 31.4 Å². The van der Waals surface area contributed by atoms with Crippen molar-refractivity contribution >= 4 is 11.9 Å². The first-order chi connectivity index (χ1) is 17.2. The third kappa shape index (κ3) is 14.3. The third-order valence-electron chi connectivity index (χ3n) is 6.71. The van der Waals surface area contributed by atoms with Gasteiger partial charge in [0.15, 0.2) is 0 Å². The van der Waals surface area contributed by atoms with Crippen LogP contribution in [0.1, 0.15) is 151 Å². The van der Waals surface area contributed by atoms with E-state index in [9.17, 15) is 9.59 Å². The smallest absolute Gasteiger partial charge is 0.338 e. The zero-order chi connectivity index (χ0) is 25.6. The van der Waals surface area contributed by atoms with E-state index >= 15 is 0 Å². The van der Waals surface area contributed by atoms with Crippen LogP contribution < -0.4 is 0 Å². The Labute approximate surface area is 216 Å². The van der Waals surface area contributed by atoms with Crippen LogP contribution in [0.2, 0.25) is 0 Å². The quantitative estimate of drug-likeness (QED) is 0.121. The van der Waals surface area contributed by atoms with Crippen molar-refractivity contribution in [3.63, 3.8) is 0 Å². The molecule has 0 radical (unpaired) electrons. The number of amides is 1. The number of nitrogens with zero attached hydrogens (tertiary/aromatic N) is 1. The van der Waals surface area contributed by atoms with Gasteiger partial charge in [-0.1, -0.05) is 123 Å². The fourth-order valence-corrected chi connectivity index (χ4v) is 4.45. The average Bonchev–Trinajstić information content (AvgIpc) is 2.88. The Morgan fingerprint density at radius 1 is 0.600 bits per heavy atom. The largest absolute Gasteiger partial charge is 0.462 e. The van der Waals surface area contributed by atoms with Crippen molar-refractivity contribution in [3.8, 4) is 0 Å². The Kier molecular flexibility index (Phi) is 19.1. The molecule has 0 aromatic heterocycles. The van der Waals surface area contributed by atoms with Gasteiger partial charge in [-0.15, -0.1) is 0 Å². The summed E-state index contributed by atoms with van der Waals surface area (Å²) in [6.07, 6.45) is 20.2. The molecule has 0 aliphatic carbocycles. The van der Waals surface area contributed by atoms with Gasteiger partial charge in [-0.25, -0.2) is 4.79 Å². The summed E-state index contributed by atoms with van der Waals surface area (Å²) in [4.78, 5) is 28.3. The van der Waals surface area contributed by atoms with Crippen molar-refractivity contribution in [2.24, 2.45) is 0 Å². The molecular formula is C31H53NO3. The molecule has 4 nitrogen and oxygen atoms in total. The van der Waals surface area contributed by atoms with E-state index in [1.807, 2.05) is 17.0 Å². The summed E-state index contributed by atoms with van der Waals surface area (Å²) in [6.45, 7) is 8.55. The van der Waals surface area contributed by atoms with Crippen molar-refractivity contribution in [2.75, 3.05) is 19.7 Å². The second kappa shape index (κ2) is 21.4. The minimum atomic E-state index is -0.378. The van der Waals surface area contributed by atoms with Crippen LogP contribution in [0.3, 0.4) is 0 Å². The zero-order valence-electron chi connectivity index (χ0n) is 23.1. The minimum Gasteiger partial charge on any atom is -0.462 e. The fourth-order valence-electron chi connectivity index (χ4n) is 4.45. The third-order valence-corrected chi connectivity index (χ3v) is 6.71. The number of carbonyl (C=O) groups excluding carboxylic acids is 2. The number of carbonyl (C=O) groups is 2. The maximum atomic E-state index is 13.6. The van der Waals surface area contributed by atoms with Gasteiger partial charge in [-0.3, -0.25) is 4.79 Å². The Bertz CT molecular complexity index is 655. The number of benzene rings is 1. The number of hydrogen-bond donors (Lipinski definition) is 0. The van der Waals surface area contributed by atoms with E-state index in [2.05, 4.69) is 20.8 Å². The average molecular weight is 488 g/mol. The van der Waals surface area contributed by atoms with E-state index < -0.39 is 0 Å². The molecule has 0 N–H and O–H groups in total. The van der Waals surface area contributed by atoms with E-state index in [-0.39, 0.29) is 11.9 Å². The molecule has 4 heteroatoms. The van der Waals surface area contributed by atoms with E-state index in [1.54, 1.807) is 12.1 Å². The molecule has 0 heterocycles. The summed E-state index contributed by atoms with van der Waals surface area (Å²) >= 11 is 0. The minimum absolute atomic E-state index is 0.0249. The molecule has 0 saturated carbocycles. The van der Waals surface area contributed by atoms with E-state index in [1.165, 1.54) is 64.2 Å². The Hall–Kier alpha value is -1.84. The standard InChI is InChI=1S/C31H53NO3/c1-4-7-10-12-14-16-20-25-32(26-21-17-15-13-11-8-5-2)30(33)28-23-18-19-24-29(28)31(34)35-27-22-9-6-3/h18-19,23-24H,4-17,20-22,25-27H2,1-3H3. The lowest BCUT2D eigenvalue weighted by atomic mass is 10.0. The van der Waals surface area contributed by atoms with Crippen LogP contribution in [-0.4, -0.2) is 36.5 Å². The predicted octanol–water partition coefficient (Wildman–Crippen LogP) is 8.98. The fraction of sp³-hybridized carbons (Fsp3) is 0.742. The van der Waals surface area contributed by atoms with Crippen LogP contribution in [-0.2, 0) is 4.74 Å². The summed E-state index contributed by atoms with van der Waals surface area (Å²) < 4.78 is 5.48. The van der Waals surface area contributed by atoms with Crippen LogP contribution in [0, 0.1) is 0 Å². The Morgan fingerprint density at radius 2 is 1.03 bits per heavy atom. The molecule has 0 bridgehead atoms. The van der Waals surface area contributed by atoms with Crippen LogP contribution in [0.4, 0.5) is 0 Å². The van der Waals surface area contributed by atoms with Crippen molar-refractivity contribution < 1.29 is 14.3 Å². The molecule has 0 fully saturated rings. The molecule has 1 rings (SSSR count). The van der Waals surface area contributed by atoms with E-state index in [0.717, 1.165) is 58.0 Å². The second-order valence-electron chi connectivity index (χ2n) is 9.92. The lowest BCUT2D eigenvalue weighted by Gasteiger charge is -2.24. The lowest BCUT2D eigenvalue weighted by molar-refractivity contribution is 0.0491. The first-order valence-electron chi connectivity index (χ1n) is 14.7. The summed E-state index contributed by atoms with van der Waals surface area (Å²) in [5.41, 5.74) is 0.886. The molecule has 1 amide bonds. The molecule has 35 heavy (non-hydrogen) atoms. The van der Waals surface area contributed by atoms with Gasteiger partial charge in [0.25, 0.3) is 5.91 Å². The molecule has 0 aliphatic heterocycles. The van der Waals surface area contributed by atoms with Gasteiger partial charge in [0.05, 0.1) is 17.7 Å². The highest BCUT2D eigenvalue weighted by Crippen LogP contribution is 2.17. The summed E-state index contributed by atoms with van der Waals surface area (Å²) in [6, 6.07) is 7.18. The highest BCUT2D eigenvalue weighted by atomic mass is 16.5. The van der Waals surface area contributed by atoms with Crippen LogP contribution in [0.5, 0.6) is 0 Å². The lowest BCUT2D eigenvalue weighted by Crippen LogP contribution is -2.34. The monoisotopic (exact) mass is 487 g/mol. The van der Waals surface area contributed by atoms with Crippen LogP contribution >= 0.6 is 0 Å². The number of esters is 1. The number of hydrogen-bond acceptors (Lipinski definition) is 3. The maximum absolute atomic E-state index is 13.6. The highest BCUT2D eigenvalue weighted by molar-refractivity contribution is 6.05. The summed E-state index contributed by atoms with van der Waals surface area (Å²) in [5.74, 6) is -0.403. The normalized spacial score (nSPS) is 10.9. The summed E-state index contributed by atoms with van der Waals surface area (Å²) in [5, 5.41) is 0. The van der Waals surface area contributed by atoms with Gasteiger partial charge in [-0.2, -0.15) is 0 Å². The zero-order valence-corrected chi connectivity index (χ0v) is 23.1. The Balaban J connectivity index is 2.71. The molecule has 1 aromatic rings. The van der Waals surface area contributed by atoms with Crippen LogP contribution in [0.25, 0.3) is 0 Å². The maximum Gasteiger partial charge on any atom is 0.338 e. The van der Waals surface area contributed by atoms with Gasteiger partial charge in [0, 0.05) is 13.1 Å². The Morgan fingerprint density at radius 3 is 1.54 bits per heavy atom. The molecular weight excluding hydrogens is 434 g/mol. The number of ether oxygens (including phenoxy) is 1. The van der Waals surface area contributed by atoms with Crippen molar-refractivity contribution in [1.29, 1.82) is 0 Å². The van der Waals surface area contributed by atoms with Crippen molar-refractivity contribution in [1.82, 2.24) is 4.90 Å². The topological polar surface area (TPSA) is 46.6 Å². The highest BCUT2D eigenvalue weighted by Gasteiger charge is 2.22. The summed E-state index contributed by atoms with van der Waals surface area (Å²) in [7, 11) is 0. The first kappa shape index (κ1) is 31.2. The van der Waals surface area contributed by atoms with Crippen molar-refractivity contribution in [3.05, 3.63) is 35.4 Å². The SMILES string of the molecule is CCCCCCCCCN(CCCCCCCCC)C(=O)c1ccccc1C(=O)OCCCCC. The number of unbranched alkanes of at least 4 members (excludes halogenated alkanes) is 14. The van der Waals surface area contributed by atoms with Gasteiger partial charge < -0.3 is 9.64 Å². The predicted molar refractivity (Wildman–Crippen MR) is 148 cm³/mol. The molecule has 1 aromatic carbocycles. The molecule has 0 spiro atoms. The second-order valence-corrected chi connectivity index (χ2v) is 9.92. The van der Waals surface area contributed by atoms with Gasteiger partial charge in [0.1, 0.15) is 0 Å². The van der Waals surface area contributed by atoms with Crippen molar-refractivity contribution in [2.45, 2.75) is 130 Å². The molecule has 0 saturated heterocycles.